The summed E-state index contributed by atoms with van der Waals surface area (Å²) in [6, 6.07) is 0. The van der Waals surface area contributed by atoms with Gasteiger partial charge in [0.25, 0.3) is 0 Å². The Balaban J connectivity index is 0. The Hall–Kier alpha value is 9.49. The van der Waals surface area contributed by atoms with Crippen molar-refractivity contribution in [3.63, 3.8) is 0 Å². The Morgan fingerprint density at radius 3 is 0.222 bits per heavy atom. The van der Waals surface area contributed by atoms with E-state index in [1.54, 1.807) is 0 Å². The van der Waals surface area contributed by atoms with Crippen LogP contribution in [0.4, 0.5) is 0 Å². The molecule has 0 aromatic rings. The van der Waals surface area contributed by atoms with Crippen molar-refractivity contribution < 1.29 is 189 Å². The monoisotopic (exact) mass is 1300 g/mol. The van der Waals surface area contributed by atoms with Crippen molar-refractivity contribution in [2.24, 2.45) is 0 Å². The van der Waals surface area contributed by atoms with Crippen LogP contribution in [0.1, 0.15) is 0 Å². The summed E-state index contributed by atoms with van der Waals surface area (Å²) in [5, 5.41) is 0. The van der Waals surface area contributed by atoms with E-state index in [1.807, 2.05) is 0 Å². The van der Waals surface area contributed by atoms with Crippen molar-refractivity contribution >= 4 is 95.6 Å². The third-order valence-corrected chi connectivity index (χ3v) is 0. The molecule has 0 atom stereocenters. The van der Waals surface area contributed by atoms with E-state index in [-0.39, 0.29) is 284 Å². The van der Waals surface area contributed by atoms with Crippen LogP contribution >= 0.6 is 0 Å². The minimum absolute atomic E-state index is 0. The van der Waals surface area contributed by atoms with Gasteiger partial charge in [-0.3, -0.25) is 0 Å². The maximum Gasteiger partial charge on any atom is 0 e. The largest absolute Gasteiger partial charge is 0 e. The van der Waals surface area contributed by atoms with Crippen LogP contribution in [0.5, 0.6) is 0 Å². The van der Waals surface area contributed by atoms with E-state index in [0.717, 1.165) is 0 Å². The summed E-state index contributed by atoms with van der Waals surface area (Å²) in [6.07, 6.45) is 0. The van der Waals surface area contributed by atoms with Crippen LogP contribution in [0.25, 0.3) is 0 Å². The molecule has 0 amide bonds. The third kappa shape index (κ3) is 46.6. The van der Waals surface area contributed by atoms with Crippen molar-refractivity contribution in [3.05, 3.63) is 0 Å². The average Bonchev–Trinajstić information content (AvgIpc) is 0. The molecule has 0 rings (SSSR count). The minimum Gasteiger partial charge on any atom is 0 e. The normalized spacial score (nSPS) is 0. The van der Waals surface area contributed by atoms with Gasteiger partial charge >= 0.3 is 0 Å². The molecule has 0 aliphatic carbocycles. The SMILES string of the molecule is [Ho].[Ho].[Ho].[Ho].[Ho].[Sn].[Sn].[Sn].[Sn]. The molecule has 0 bridgehead atoms. The Morgan fingerprint density at radius 1 is 0.222 bits per heavy atom. The van der Waals surface area contributed by atoms with Gasteiger partial charge in [0, 0.05) is 284 Å². The quantitative estimate of drug-likeness (QED) is 0.259. The standard InChI is InChI=1S/5Ho.4Sn. The summed E-state index contributed by atoms with van der Waals surface area (Å²) in [4.78, 5) is 0. The van der Waals surface area contributed by atoms with Gasteiger partial charge in [0.1, 0.15) is 0 Å². The molecule has 0 saturated carbocycles. The van der Waals surface area contributed by atoms with Gasteiger partial charge in [0.05, 0.1) is 0 Å². The molecule has 71 valence electrons. The van der Waals surface area contributed by atoms with Gasteiger partial charge in [-0.2, -0.15) is 0 Å². The van der Waals surface area contributed by atoms with Crippen LogP contribution in [-0.2, 0) is 0 Å². The number of rotatable bonds is 0. The second-order valence-electron chi connectivity index (χ2n) is 0. The molecule has 0 fully saturated rings. The molecule has 0 aromatic heterocycles. The molecular weight excluding hydrogens is 1300 g/mol. The molecular formula is Ho5Sn4. The van der Waals surface area contributed by atoms with Crippen molar-refractivity contribution in [1.29, 1.82) is 0 Å². The molecule has 0 saturated heterocycles. The Morgan fingerprint density at radius 2 is 0.222 bits per heavy atom. The summed E-state index contributed by atoms with van der Waals surface area (Å²) in [5.41, 5.74) is 0. The maximum atomic E-state index is 0. The van der Waals surface area contributed by atoms with Crippen LogP contribution < -0.4 is 0 Å². The molecule has 0 unspecified atom stereocenters. The molecule has 0 N–H and O–H groups in total. The van der Waals surface area contributed by atoms with E-state index in [0.29, 0.717) is 0 Å². The van der Waals surface area contributed by atoms with E-state index in [9.17, 15) is 0 Å². The first-order valence-corrected chi connectivity index (χ1v) is 0. The fourth-order valence-corrected chi connectivity index (χ4v) is 0. The molecule has 0 heterocycles. The Kier molecular flexibility index (Phi) is 368. The second-order valence-corrected chi connectivity index (χ2v) is 0. The van der Waals surface area contributed by atoms with E-state index in [4.69, 9.17) is 0 Å². The van der Waals surface area contributed by atoms with Crippen LogP contribution in [-0.4, -0.2) is 95.6 Å². The first-order valence-electron chi connectivity index (χ1n) is 0. The second kappa shape index (κ2) is 52.8. The summed E-state index contributed by atoms with van der Waals surface area (Å²) >= 11 is 0. The van der Waals surface area contributed by atoms with Crippen LogP contribution in [0.3, 0.4) is 0 Å². The fourth-order valence-electron chi connectivity index (χ4n) is 0. The molecule has 9 heavy (non-hydrogen) atoms. The zero-order chi connectivity index (χ0) is 0. The molecule has 9 heteroatoms. The first kappa shape index (κ1) is 62.8. The van der Waals surface area contributed by atoms with Gasteiger partial charge in [0.2, 0.25) is 0 Å². The maximum absolute atomic E-state index is 0. The third-order valence-electron chi connectivity index (χ3n) is 0. The zero-order valence-electron chi connectivity index (χ0n) is 3.51. The molecule has 0 nitrogen and oxygen atoms in total. The minimum atomic E-state index is 0. The van der Waals surface area contributed by atoms with Crippen molar-refractivity contribution in [3.8, 4) is 0 Å². The fraction of sp³-hybridized carbons (Fsp3) is 0. The average molecular weight is 1300 g/mol. The predicted molar refractivity (Wildman–Crippen MR) is 23.0 cm³/mol. The van der Waals surface area contributed by atoms with Crippen molar-refractivity contribution in [1.82, 2.24) is 0 Å². The van der Waals surface area contributed by atoms with Crippen molar-refractivity contribution in [2.45, 2.75) is 0 Å². The van der Waals surface area contributed by atoms with Gasteiger partial charge in [-0.05, 0) is 0 Å². The molecule has 0 aliphatic heterocycles. The summed E-state index contributed by atoms with van der Waals surface area (Å²) in [6.45, 7) is 0. The predicted octanol–water partition coefficient (Wildman–Crippen LogP) is -1.52. The van der Waals surface area contributed by atoms with Crippen molar-refractivity contribution in [2.75, 3.05) is 0 Å². The van der Waals surface area contributed by atoms with Crippen LogP contribution in [0.15, 0.2) is 0 Å². The van der Waals surface area contributed by atoms with Gasteiger partial charge in [0.15, 0.2) is 0 Å². The van der Waals surface area contributed by atoms with Crippen LogP contribution in [0.2, 0.25) is 0 Å². The Labute approximate surface area is 274 Å². The number of hydrogen-bond donors (Lipinski definition) is 0. The van der Waals surface area contributed by atoms with Crippen LogP contribution in [0, 0.1) is 189 Å². The molecule has 0 spiro atoms. The molecule has 0 aromatic carbocycles. The van der Waals surface area contributed by atoms with Gasteiger partial charge < -0.3 is 0 Å². The topological polar surface area (TPSA) is 0 Å². The molecule has 21 radical (unpaired) electrons. The zero-order valence-corrected chi connectivity index (χ0v) is 24.6. The van der Waals surface area contributed by atoms with Gasteiger partial charge in [-0.15, -0.1) is 0 Å². The van der Waals surface area contributed by atoms with Gasteiger partial charge in [-0.1, -0.05) is 0 Å². The number of hydrogen-bond acceptors (Lipinski definition) is 0. The summed E-state index contributed by atoms with van der Waals surface area (Å²) in [7, 11) is 0. The van der Waals surface area contributed by atoms with Gasteiger partial charge in [-0.25, -0.2) is 0 Å². The van der Waals surface area contributed by atoms with E-state index in [2.05, 4.69) is 0 Å². The van der Waals surface area contributed by atoms with E-state index >= 15 is 0 Å². The first-order chi connectivity index (χ1) is 0. The van der Waals surface area contributed by atoms with E-state index < -0.39 is 0 Å². The smallest absolute Gasteiger partial charge is 0 e. The Bertz CT molecular complexity index is 8.92. The van der Waals surface area contributed by atoms with E-state index in [1.165, 1.54) is 0 Å². The summed E-state index contributed by atoms with van der Waals surface area (Å²) < 4.78 is 0. The molecule has 0 aliphatic rings. The summed E-state index contributed by atoms with van der Waals surface area (Å²) in [5.74, 6) is 0.